The van der Waals surface area contributed by atoms with Gasteiger partial charge in [0, 0.05) is 11.7 Å². The molecule has 0 bridgehead atoms. The number of hydrogen-bond acceptors (Lipinski definition) is 4. The minimum Gasteiger partial charge on any atom is -0.396 e. The van der Waals surface area contributed by atoms with Crippen LogP contribution in [0.25, 0.3) is 0 Å². The standard InChI is InChI=1S/C16H21N3O/c1-13-7-5-10-16(18-13)14(2)19-20-12-6-9-15-8-3-4-11-17-15/h3-5,7-8,10-11,15,17H,6,9,12H2,1-2H3/b19-14+. The van der Waals surface area contributed by atoms with E-state index < -0.39 is 0 Å². The van der Waals surface area contributed by atoms with E-state index in [-0.39, 0.29) is 0 Å². The average molecular weight is 271 g/mol. The lowest BCUT2D eigenvalue weighted by Gasteiger charge is -2.14. The molecule has 0 saturated carbocycles. The predicted molar refractivity (Wildman–Crippen MR) is 81.6 cm³/mol. The predicted octanol–water partition coefficient (Wildman–Crippen LogP) is 2.95. The van der Waals surface area contributed by atoms with E-state index in [4.69, 9.17) is 4.84 Å². The maximum absolute atomic E-state index is 5.36. The van der Waals surface area contributed by atoms with Crippen molar-refractivity contribution in [3.05, 3.63) is 54.0 Å². The Morgan fingerprint density at radius 3 is 3.05 bits per heavy atom. The van der Waals surface area contributed by atoms with Crippen LogP contribution >= 0.6 is 0 Å². The summed E-state index contributed by atoms with van der Waals surface area (Å²) in [5.41, 5.74) is 2.67. The van der Waals surface area contributed by atoms with E-state index in [0.29, 0.717) is 12.6 Å². The second-order valence-electron chi connectivity index (χ2n) is 4.83. The monoisotopic (exact) mass is 271 g/mol. The summed E-state index contributed by atoms with van der Waals surface area (Å²) in [4.78, 5) is 9.77. The zero-order valence-electron chi connectivity index (χ0n) is 12.0. The smallest absolute Gasteiger partial charge is 0.117 e. The molecule has 0 fully saturated rings. The topological polar surface area (TPSA) is 46.5 Å². The number of nitrogens with zero attached hydrogens (tertiary/aromatic N) is 2. The number of hydrogen-bond donors (Lipinski definition) is 1. The van der Waals surface area contributed by atoms with Crippen LogP contribution in [0.5, 0.6) is 0 Å². The summed E-state index contributed by atoms with van der Waals surface area (Å²) >= 11 is 0. The Balaban J connectivity index is 1.70. The van der Waals surface area contributed by atoms with E-state index in [1.807, 2.05) is 44.3 Å². The Morgan fingerprint density at radius 2 is 2.30 bits per heavy atom. The number of allylic oxidation sites excluding steroid dienone is 2. The van der Waals surface area contributed by atoms with Crippen molar-refractivity contribution in [3.8, 4) is 0 Å². The Kier molecular flexibility index (Phi) is 5.35. The lowest BCUT2D eigenvalue weighted by molar-refractivity contribution is 0.139. The van der Waals surface area contributed by atoms with Crippen molar-refractivity contribution in [2.45, 2.75) is 32.7 Å². The van der Waals surface area contributed by atoms with E-state index in [9.17, 15) is 0 Å². The van der Waals surface area contributed by atoms with Crippen LogP contribution < -0.4 is 5.32 Å². The lowest BCUT2D eigenvalue weighted by atomic mass is 10.1. The number of pyridine rings is 1. The highest BCUT2D eigenvalue weighted by atomic mass is 16.6. The molecule has 1 aliphatic heterocycles. The summed E-state index contributed by atoms with van der Waals surface area (Å²) in [6.07, 6.45) is 10.2. The molecule has 2 heterocycles. The zero-order chi connectivity index (χ0) is 14.2. The number of nitrogens with one attached hydrogen (secondary N) is 1. The Hall–Kier alpha value is -2.10. The van der Waals surface area contributed by atoms with Gasteiger partial charge in [-0.3, -0.25) is 4.98 Å². The van der Waals surface area contributed by atoms with Crippen LogP contribution in [0.4, 0.5) is 0 Å². The van der Waals surface area contributed by atoms with Gasteiger partial charge in [0.2, 0.25) is 0 Å². The third kappa shape index (κ3) is 4.53. The zero-order valence-corrected chi connectivity index (χ0v) is 12.0. The molecule has 2 rings (SSSR count). The third-order valence-corrected chi connectivity index (χ3v) is 3.07. The number of dihydropyridines is 1. The fraction of sp³-hybridized carbons (Fsp3) is 0.375. The van der Waals surface area contributed by atoms with Crippen molar-refractivity contribution < 1.29 is 4.84 Å². The molecule has 1 atom stereocenters. The van der Waals surface area contributed by atoms with Gasteiger partial charge in [-0.2, -0.15) is 0 Å². The van der Waals surface area contributed by atoms with Gasteiger partial charge in [-0.25, -0.2) is 0 Å². The molecule has 1 unspecified atom stereocenters. The summed E-state index contributed by atoms with van der Waals surface area (Å²) in [6, 6.07) is 6.30. The molecule has 20 heavy (non-hydrogen) atoms. The maximum Gasteiger partial charge on any atom is 0.117 e. The molecule has 1 N–H and O–H groups in total. The second kappa shape index (κ2) is 7.48. The molecule has 1 aliphatic rings. The Morgan fingerprint density at radius 1 is 1.40 bits per heavy atom. The summed E-state index contributed by atoms with van der Waals surface area (Å²) in [5, 5.41) is 7.40. The molecule has 4 heteroatoms. The first-order chi connectivity index (χ1) is 9.75. The first-order valence-corrected chi connectivity index (χ1v) is 6.96. The molecule has 0 saturated heterocycles. The minimum absolute atomic E-state index is 0.409. The lowest BCUT2D eigenvalue weighted by Crippen LogP contribution is -2.23. The van der Waals surface area contributed by atoms with Crippen LogP contribution in [0.15, 0.2) is 47.8 Å². The van der Waals surface area contributed by atoms with Gasteiger partial charge in [-0.05, 0) is 51.1 Å². The molecule has 4 nitrogen and oxygen atoms in total. The number of rotatable bonds is 6. The van der Waals surface area contributed by atoms with Gasteiger partial charge in [0.25, 0.3) is 0 Å². The quantitative estimate of drug-likeness (QED) is 0.491. The van der Waals surface area contributed by atoms with Crippen molar-refractivity contribution in [1.29, 1.82) is 0 Å². The highest BCUT2D eigenvalue weighted by Gasteiger charge is 2.04. The highest BCUT2D eigenvalue weighted by Crippen LogP contribution is 2.04. The van der Waals surface area contributed by atoms with E-state index >= 15 is 0 Å². The van der Waals surface area contributed by atoms with E-state index in [0.717, 1.165) is 29.9 Å². The van der Waals surface area contributed by atoms with Crippen molar-refractivity contribution >= 4 is 5.71 Å². The van der Waals surface area contributed by atoms with Crippen molar-refractivity contribution in [1.82, 2.24) is 10.3 Å². The fourth-order valence-corrected chi connectivity index (χ4v) is 1.97. The maximum atomic E-state index is 5.36. The molecule has 0 radical (unpaired) electrons. The van der Waals surface area contributed by atoms with E-state index in [1.54, 1.807) is 0 Å². The number of aryl methyl sites for hydroxylation is 1. The first kappa shape index (κ1) is 14.3. The highest BCUT2D eigenvalue weighted by molar-refractivity contribution is 5.96. The molecule has 106 valence electrons. The summed E-state index contributed by atoms with van der Waals surface area (Å²) in [5.74, 6) is 0. The molecule has 0 amide bonds. The van der Waals surface area contributed by atoms with E-state index in [2.05, 4.69) is 27.6 Å². The van der Waals surface area contributed by atoms with Crippen molar-refractivity contribution in [3.63, 3.8) is 0 Å². The second-order valence-corrected chi connectivity index (χ2v) is 4.83. The van der Waals surface area contributed by atoms with Gasteiger partial charge in [0.15, 0.2) is 0 Å². The van der Waals surface area contributed by atoms with Crippen LogP contribution in [0, 0.1) is 6.92 Å². The van der Waals surface area contributed by atoms with Crippen molar-refractivity contribution in [2.24, 2.45) is 5.16 Å². The molecule has 1 aromatic rings. The number of aromatic nitrogens is 1. The van der Waals surface area contributed by atoms with Crippen LogP contribution in [0.3, 0.4) is 0 Å². The Labute approximate surface area is 120 Å². The van der Waals surface area contributed by atoms with Gasteiger partial charge < -0.3 is 10.2 Å². The van der Waals surface area contributed by atoms with Gasteiger partial charge >= 0.3 is 0 Å². The van der Waals surface area contributed by atoms with Gasteiger partial charge in [-0.15, -0.1) is 0 Å². The van der Waals surface area contributed by atoms with Crippen LogP contribution in [-0.2, 0) is 4.84 Å². The molecule has 0 spiro atoms. The number of oxime groups is 1. The SMILES string of the molecule is C/C(=N\OCCCC1C=CC=CN1)c1cccc(C)n1. The molecule has 0 aliphatic carbocycles. The first-order valence-electron chi connectivity index (χ1n) is 6.96. The summed E-state index contributed by atoms with van der Waals surface area (Å²) < 4.78 is 0. The normalized spacial score (nSPS) is 17.9. The summed E-state index contributed by atoms with van der Waals surface area (Å²) in [7, 11) is 0. The minimum atomic E-state index is 0.409. The molecule has 1 aromatic heterocycles. The Bertz CT molecular complexity index is 520. The van der Waals surface area contributed by atoms with Crippen LogP contribution in [0.1, 0.15) is 31.2 Å². The van der Waals surface area contributed by atoms with Gasteiger partial charge in [0.05, 0.1) is 5.69 Å². The largest absolute Gasteiger partial charge is 0.396 e. The molecular formula is C16H21N3O. The fourth-order valence-electron chi connectivity index (χ4n) is 1.97. The molecular weight excluding hydrogens is 250 g/mol. The van der Waals surface area contributed by atoms with Gasteiger partial charge in [0.1, 0.15) is 12.3 Å². The van der Waals surface area contributed by atoms with E-state index in [1.165, 1.54) is 0 Å². The summed E-state index contributed by atoms with van der Waals surface area (Å²) in [6.45, 7) is 4.51. The van der Waals surface area contributed by atoms with Crippen molar-refractivity contribution in [2.75, 3.05) is 6.61 Å². The average Bonchev–Trinajstić information content (AvgIpc) is 2.48. The van der Waals surface area contributed by atoms with Gasteiger partial charge in [-0.1, -0.05) is 23.4 Å². The third-order valence-electron chi connectivity index (χ3n) is 3.07. The van der Waals surface area contributed by atoms with Crippen LogP contribution in [0.2, 0.25) is 0 Å². The molecule has 0 aromatic carbocycles. The van der Waals surface area contributed by atoms with Crippen LogP contribution in [-0.4, -0.2) is 23.3 Å².